The summed E-state index contributed by atoms with van der Waals surface area (Å²) in [6.45, 7) is 0.717. The predicted octanol–water partition coefficient (Wildman–Crippen LogP) is 10.5. The van der Waals surface area contributed by atoms with Crippen LogP contribution in [0, 0.1) is 0 Å². The number of hydrogen-bond acceptors (Lipinski definition) is 3. The van der Waals surface area contributed by atoms with Gasteiger partial charge >= 0.3 is 0 Å². The topological polar surface area (TPSA) is 43.1 Å². The van der Waals surface area contributed by atoms with Crippen LogP contribution in [0.1, 0.15) is 11.5 Å². The Hall–Kier alpha value is -6.13. The van der Waals surface area contributed by atoms with Gasteiger partial charge in [0.1, 0.15) is 0 Å². The molecule has 47 heavy (non-hydrogen) atoms. The first kappa shape index (κ1) is 27.2. The Kier molecular flexibility index (Phi) is 6.57. The highest BCUT2D eigenvalue weighted by molar-refractivity contribution is 6.11. The van der Waals surface area contributed by atoms with Crippen molar-refractivity contribution >= 4 is 38.9 Å². The SMILES string of the molecule is C1=CC(c2cc(-c3ccc4c(c3)c3ccccc3n4-c3ccccc3)c3nc(-c4ccccc4)nc(-c4ccccc4)c3c2)CN=C1. The van der Waals surface area contributed by atoms with E-state index in [2.05, 4.69) is 143 Å². The summed E-state index contributed by atoms with van der Waals surface area (Å²) in [7, 11) is 0. The fourth-order valence-electron chi connectivity index (χ4n) is 6.91. The van der Waals surface area contributed by atoms with E-state index in [9.17, 15) is 0 Å². The van der Waals surface area contributed by atoms with Gasteiger partial charge in [0, 0.05) is 57.2 Å². The van der Waals surface area contributed by atoms with Crippen LogP contribution in [0.5, 0.6) is 0 Å². The van der Waals surface area contributed by atoms with E-state index in [4.69, 9.17) is 9.97 Å². The van der Waals surface area contributed by atoms with Crippen LogP contribution in [-0.4, -0.2) is 27.3 Å². The molecule has 1 atom stereocenters. The Morgan fingerprint density at radius 2 is 1.26 bits per heavy atom. The van der Waals surface area contributed by atoms with E-state index in [0.29, 0.717) is 6.54 Å². The summed E-state index contributed by atoms with van der Waals surface area (Å²) in [6, 6.07) is 51.5. The lowest BCUT2D eigenvalue weighted by Crippen LogP contribution is -2.05. The summed E-state index contributed by atoms with van der Waals surface area (Å²) < 4.78 is 2.36. The van der Waals surface area contributed by atoms with Crippen molar-refractivity contribution in [1.82, 2.24) is 14.5 Å². The third-order valence-electron chi connectivity index (χ3n) is 9.17. The fraction of sp³-hybridized carbons (Fsp3) is 0.0465. The first-order valence-electron chi connectivity index (χ1n) is 16.0. The number of fused-ring (bicyclic) bond motifs is 4. The molecule has 0 aliphatic carbocycles. The van der Waals surface area contributed by atoms with Crippen molar-refractivity contribution in [3.05, 3.63) is 163 Å². The molecule has 1 aliphatic rings. The Labute approximate surface area is 273 Å². The molecule has 9 rings (SSSR count). The van der Waals surface area contributed by atoms with Crippen molar-refractivity contribution in [3.63, 3.8) is 0 Å². The summed E-state index contributed by atoms with van der Waals surface area (Å²) in [5, 5.41) is 3.48. The van der Waals surface area contributed by atoms with E-state index in [1.165, 1.54) is 27.4 Å². The number of hydrogen-bond donors (Lipinski definition) is 0. The molecule has 0 saturated carbocycles. The molecule has 0 amide bonds. The standard InChI is InChI=1S/C43H30N4/c1-4-13-29(14-5-1)41-38-27-33(32-17-12-24-44-28-32)26-36(42(38)46-43(45-41)30-15-6-2-7-16-30)31-22-23-40-37(25-31)35-20-10-11-21-39(35)47(40)34-18-8-3-9-19-34/h1-27,32H,28H2. The molecule has 3 heterocycles. The zero-order chi connectivity index (χ0) is 31.2. The highest BCUT2D eigenvalue weighted by Crippen LogP contribution is 2.40. The van der Waals surface area contributed by atoms with Crippen LogP contribution in [0.2, 0.25) is 0 Å². The van der Waals surface area contributed by atoms with E-state index in [1.807, 2.05) is 30.5 Å². The molecule has 0 N–H and O–H groups in total. The van der Waals surface area contributed by atoms with Gasteiger partial charge in [0.15, 0.2) is 5.82 Å². The van der Waals surface area contributed by atoms with Crippen molar-refractivity contribution in [2.45, 2.75) is 5.92 Å². The summed E-state index contributed by atoms with van der Waals surface area (Å²) in [5.74, 6) is 0.888. The molecule has 0 saturated heterocycles. The predicted molar refractivity (Wildman–Crippen MR) is 195 cm³/mol. The van der Waals surface area contributed by atoms with Gasteiger partial charge in [-0.2, -0.15) is 0 Å². The number of rotatable bonds is 5. The minimum atomic E-state index is 0.171. The number of allylic oxidation sites excluding steroid dienone is 1. The molecule has 1 unspecified atom stereocenters. The molecule has 4 nitrogen and oxygen atoms in total. The lowest BCUT2D eigenvalue weighted by atomic mass is 9.89. The van der Waals surface area contributed by atoms with Crippen LogP contribution in [0.25, 0.3) is 72.2 Å². The number of nitrogens with zero attached hydrogens (tertiary/aromatic N) is 4. The Morgan fingerprint density at radius 1 is 0.553 bits per heavy atom. The van der Waals surface area contributed by atoms with E-state index in [-0.39, 0.29) is 5.92 Å². The number of aromatic nitrogens is 3. The monoisotopic (exact) mass is 602 g/mol. The molecule has 0 spiro atoms. The molecular weight excluding hydrogens is 573 g/mol. The van der Waals surface area contributed by atoms with E-state index < -0.39 is 0 Å². The molecule has 222 valence electrons. The number of benzene rings is 6. The zero-order valence-electron chi connectivity index (χ0n) is 25.7. The molecule has 0 radical (unpaired) electrons. The van der Waals surface area contributed by atoms with Crippen molar-refractivity contribution in [2.75, 3.05) is 6.54 Å². The minimum Gasteiger partial charge on any atom is -0.309 e. The van der Waals surface area contributed by atoms with Crippen molar-refractivity contribution in [2.24, 2.45) is 4.99 Å². The lowest BCUT2D eigenvalue weighted by Gasteiger charge is -2.19. The van der Waals surface area contributed by atoms with Gasteiger partial charge in [0.25, 0.3) is 0 Å². The first-order chi connectivity index (χ1) is 23.3. The second-order valence-corrected chi connectivity index (χ2v) is 12.0. The van der Waals surface area contributed by atoms with Crippen LogP contribution in [0.4, 0.5) is 0 Å². The highest BCUT2D eigenvalue weighted by Gasteiger charge is 2.21. The normalized spacial score (nSPS) is 14.3. The van der Waals surface area contributed by atoms with Crippen LogP contribution < -0.4 is 0 Å². The number of dihydropyridines is 1. The first-order valence-corrected chi connectivity index (χ1v) is 16.0. The van der Waals surface area contributed by atoms with Gasteiger partial charge in [0.2, 0.25) is 0 Å². The van der Waals surface area contributed by atoms with Gasteiger partial charge in [-0.3, -0.25) is 4.99 Å². The van der Waals surface area contributed by atoms with Crippen LogP contribution in [0.15, 0.2) is 163 Å². The largest absolute Gasteiger partial charge is 0.309 e. The van der Waals surface area contributed by atoms with E-state index >= 15 is 0 Å². The number of para-hydroxylation sites is 2. The van der Waals surface area contributed by atoms with Crippen molar-refractivity contribution in [1.29, 1.82) is 0 Å². The average molecular weight is 603 g/mol. The van der Waals surface area contributed by atoms with Gasteiger partial charge in [-0.1, -0.05) is 109 Å². The third kappa shape index (κ3) is 4.74. The van der Waals surface area contributed by atoms with Gasteiger partial charge in [-0.25, -0.2) is 9.97 Å². The summed E-state index contributed by atoms with van der Waals surface area (Å²) in [4.78, 5) is 15.2. The molecule has 4 heteroatoms. The third-order valence-corrected chi connectivity index (χ3v) is 9.17. The molecule has 2 aromatic heterocycles. The van der Waals surface area contributed by atoms with E-state index in [1.54, 1.807) is 0 Å². The lowest BCUT2D eigenvalue weighted by molar-refractivity contribution is 0.847. The van der Waals surface area contributed by atoms with Gasteiger partial charge < -0.3 is 4.57 Å². The molecule has 1 aliphatic heterocycles. The zero-order valence-corrected chi connectivity index (χ0v) is 25.7. The molecular formula is C43H30N4. The molecule has 6 aromatic carbocycles. The Balaban J connectivity index is 1.36. The van der Waals surface area contributed by atoms with Crippen LogP contribution in [-0.2, 0) is 0 Å². The summed E-state index contributed by atoms with van der Waals surface area (Å²) in [5.41, 5.74) is 10.9. The Bertz CT molecular complexity index is 2480. The second kappa shape index (κ2) is 11.3. The van der Waals surface area contributed by atoms with Crippen molar-refractivity contribution in [3.8, 4) is 39.5 Å². The molecule has 8 aromatic rings. The van der Waals surface area contributed by atoms with Crippen LogP contribution >= 0.6 is 0 Å². The van der Waals surface area contributed by atoms with Crippen molar-refractivity contribution < 1.29 is 0 Å². The fourth-order valence-corrected chi connectivity index (χ4v) is 6.91. The Morgan fingerprint density at radius 3 is 2.02 bits per heavy atom. The molecule has 0 fully saturated rings. The van der Waals surface area contributed by atoms with Crippen LogP contribution in [0.3, 0.4) is 0 Å². The van der Waals surface area contributed by atoms with Gasteiger partial charge in [-0.05, 0) is 59.7 Å². The summed E-state index contributed by atoms with van der Waals surface area (Å²) >= 11 is 0. The molecule has 0 bridgehead atoms. The summed E-state index contributed by atoms with van der Waals surface area (Å²) in [6.07, 6.45) is 6.19. The maximum absolute atomic E-state index is 5.33. The average Bonchev–Trinajstić information content (AvgIpc) is 3.49. The maximum atomic E-state index is 5.33. The smallest absolute Gasteiger partial charge is 0.160 e. The number of aliphatic imine (C=N–C) groups is 1. The quantitative estimate of drug-likeness (QED) is 0.197. The second-order valence-electron chi connectivity index (χ2n) is 12.0. The van der Waals surface area contributed by atoms with Gasteiger partial charge in [0.05, 0.1) is 22.2 Å². The highest BCUT2D eigenvalue weighted by atomic mass is 15.0. The van der Waals surface area contributed by atoms with E-state index in [0.717, 1.165) is 50.4 Å². The maximum Gasteiger partial charge on any atom is 0.160 e. The minimum absolute atomic E-state index is 0.171. The van der Waals surface area contributed by atoms with Gasteiger partial charge in [-0.15, -0.1) is 0 Å².